The third-order valence-electron chi connectivity index (χ3n) is 4.42. The number of phenols is 1. The van der Waals surface area contributed by atoms with Crippen molar-refractivity contribution in [3.8, 4) is 17.2 Å². The van der Waals surface area contributed by atoms with E-state index in [4.69, 9.17) is 14.2 Å². The first-order valence-electron chi connectivity index (χ1n) is 8.59. The number of carbonyl (C=O) groups excluding carboxylic acids is 2. The number of ketones is 1. The Morgan fingerprint density at radius 3 is 2.43 bits per heavy atom. The zero-order valence-electron chi connectivity index (χ0n) is 15.8. The minimum Gasteiger partial charge on any atom is -0.504 e. The van der Waals surface area contributed by atoms with E-state index in [1.54, 1.807) is 50.4 Å². The second kappa shape index (κ2) is 8.00. The molecule has 2 aromatic rings. The molecule has 0 aromatic heterocycles. The summed E-state index contributed by atoms with van der Waals surface area (Å²) in [5.41, 5.74) is 2.60. The molecule has 0 atom stereocenters. The van der Waals surface area contributed by atoms with E-state index in [0.717, 1.165) is 5.57 Å². The second-order valence-corrected chi connectivity index (χ2v) is 6.28. The van der Waals surface area contributed by atoms with Gasteiger partial charge in [0.1, 0.15) is 12.4 Å². The molecule has 3 rings (SSSR count). The smallest absolute Gasteiger partial charge is 0.339 e. The third kappa shape index (κ3) is 3.76. The molecule has 0 saturated heterocycles. The fraction of sp³-hybridized carbons (Fsp3) is 0.182. The zero-order valence-corrected chi connectivity index (χ0v) is 15.8. The van der Waals surface area contributed by atoms with E-state index in [1.165, 1.54) is 19.3 Å². The molecule has 0 bridgehead atoms. The molecule has 144 valence electrons. The number of allylic oxidation sites excluding steroid dienone is 1. The van der Waals surface area contributed by atoms with Gasteiger partial charge in [0.15, 0.2) is 17.3 Å². The molecule has 6 nitrogen and oxygen atoms in total. The summed E-state index contributed by atoms with van der Waals surface area (Å²) in [6, 6.07) is 9.91. The highest BCUT2D eigenvalue weighted by Crippen LogP contribution is 2.39. The van der Waals surface area contributed by atoms with Crippen molar-refractivity contribution in [2.24, 2.45) is 0 Å². The number of aromatic hydroxyl groups is 1. The van der Waals surface area contributed by atoms with Crippen LogP contribution in [0.4, 0.5) is 0 Å². The first-order chi connectivity index (χ1) is 13.4. The number of hydrogen-bond donors (Lipinski definition) is 1. The van der Waals surface area contributed by atoms with Gasteiger partial charge in [-0.3, -0.25) is 4.79 Å². The van der Waals surface area contributed by atoms with Crippen molar-refractivity contribution >= 4 is 23.4 Å². The van der Waals surface area contributed by atoms with Crippen molar-refractivity contribution in [2.75, 3.05) is 20.8 Å². The number of cyclic esters (lactones) is 1. The predicted molar refractivity (Wildman–Crippen MR) is 105 cm³/mol. The standard InChI is InChI=1S/C22H20O6/c1-13-12-28-22(25)20(13)17-10-14(11-19(24)21(17)27-3)4-9-18(23)15-5-7-16(26-2)8-6-15/h4-11,24H,12H2,1-3H3. The number of carbonyl (C=O) groups is 2. The fourth-order valence-electron chi connectivity index (χ4n) is 2.99. The van der Waals surface area contributed by atoms with Gasteiger partial charge in [0, 0.05) is 11.1 Å². The lowest BCUT2D eigenvalue weighted by molar-refractivity contribution is -0.134. The molecule has 1 heterocycles. The van der Waals surface area contributed by atoms with Gasteiger partial charge in [-0.25, -0.2) is 4.79 Å². The topological polar surface area (TPSA) is 82.1 Å². The van der Waals surface area contributed by atoms with Crippen molar-refractivity contribution in [1.29, 1.82) is 0 Å². The van der Waals surface area contributed by atoms with Gasteiger partial charge in [0.25, 0.3) is 0 Å². The highest BCUT2D eigenvalue weighted by atomic mass is 16.5. The Morgan fingerprint density at radius 2 is 1.86 bits per heavy atom. The Balaban J connectivity index is 1.94. The van der Waals surface area contributed by atoms with Crippen molar-refractivity contribution in [1.82, 2.24) is 0 Å². The molecular formula is C22H20O6. The van der Waals surface area contributed by atoms with Gasteiger partial charge >= 0.3 is 5.97 Å². The Labute approximate surface area is 162 Å². The lowest BCUT2D eigenvalue weighted by Crippen LogP contribution is -2.01. The highest BCUT2D eigenvalue weighted by molar-refractivity contribution is 6.20. The summed E-state index contributed by atoms with van der Waals surface area (Å²) in [5.74, 6) is 0.0570. The predicted octanol–water partition coefficient (Wildman–Crippen LogP) is 3.64. The van der Waals surface area contributed by atoms with E-state index < -0.39 is 5.97 Å². The van der Waals surface area contributed by atoms with Crippen LogP contribution in [0.5, 0.6) is 17.2 Å². The quantitative estimate of drug-likeness (QED) is 0.468. The van der Waals surface area contributed by atoms with Gasteiger partial charge in [-0.2, -0.15) is 0 Å². The van der Waals surface area contributed by atoms with Crippen molar-refractivity contribution in [2.45, 2.75) is 6.92 Å². The molecule has 6 heteroatoms. The maximum absolute atomic E-state index is 12.4. The number of ether oxygens (including phenoxy) is 3. The minimum absolute atomic E-state index is 0.128. The summed E-state index contributed by atoms with van der Waals surface area (Å²) in [6.45, 7) is 1.99. The Hall–Kier alpha value is -3.54. The summed E-state index contributed by atoms with van der Waals surface area (Å²) in [5, 5.41) is 10.3. The molecule has 1 aliphatic rings. The summed E-state index contributed by atoms with van der Waals surface area (Å²) in [7, 11) is 2.97. The van der Waals surface area contributed by atoms with E-state index in [2.05, 4.69) is 0 Å². The maximum atomic E-state index is 12.4. The molecule has 0 saturated carbocycles. The van der Waals surface area contributed by atoms with Crippen molar-refractivity contribution in [3.63, 3.8) is 0 Å². The lowest BCUT2D eigenvalue weighted by Gasteiger charge is -2.12. The van der Waals surface area contributed by atoms with Gasteiger partial charge < -0.3 is 19.3 Å². The van der Waals surface area contributed by atoms with E-state index in [9.17, 15) is 14.7 Å². The fourth-order valence-corrected chi connectivity index (χ4v) is 2.99. The van der Waals surface area contributed by atoms with Crippen LogP contribution in [0.25, 0.3) is 11.6 Å². The van der Waals surface area contributed by atoms with E-state index in [0.29, 0.717) is 28.0 Å². The summed E-state index contributed by atoms with van der Waals surface area (Å²) in [4.78, 5) is 24.5. The first kappa shape index (κ1) is 19.2. The second-order valence-electron chi connectivity index (χ2n) is 6.28. The third-order valence-corrected chi connectivity index (χ3v) is 4.42. The van der Waals surface area contributed by atoms with Crippen LogP contribution in [0, 0.1) is 0 Å². The van der Waals surface area contributed by atoms with Crippen LogP contribution in [0.2, 0.25) is 0 Å². The molecule has 2 aromatic carbocycles. The SMILES string of the molecule is COc1ccc(C(=O)C=Cc2cc(O)c(OC)c(C3=C(C)COC3=O)c2)cc1. The van der Waals surface area contributed by atoms with Crippen LogP contribution >= 0.6 is 0 Å². The number of benzene rings is 2. The molecule has 0 amide bonds. The molecule has 1 N–H and O–H groups in total. The van der Waals surface area contributed by atoms with E-state index in [1.807, 2.05) is 0 Å². The van der Waals surface area contributed by atoms with Crippen LogP contribution in [0.3, 0.4) is 0 Å². The van der Waals surface area contributed by atoms with Crippen molar-refractivity contribution < 1.29 is 28.9 Å². The molecule has 0 spiro atoms. The highest BCUT2D eigenvalue weighted by Gasteiger charge is 2.27. The number of phenolic OH excluding ortho intramolecular Hbond substituents is 1. The Morgan fingerprint density at radius 1 is 1.14 bits per heavy atom. The zero-order chi connectivity index (χ0) is 20.3. The van der Waals surface area contributed by atoms with Crippen LogP contribution in [0.1, 0.15) is 28.4 Å². The van der Waals surface area contributed by atoms with Gasteiger partial charge in [0.2, 0.25) is 0 Å². The molecule has 1 aliphatic heterocycles. The number of methoxy groups -OCH3 is 2. The van der Waals surface area contributed by atoms with Crippen LogP contribution < -0.4 is 9.47 Å². The first-order valence-corrected chi connectivity index (χ1v) is 8.59. The van der Waals surface area contributed by atoms with Gasteiger partial charge in [-0.15, -0.1) is 0 Å². The molecule has 0 fully saturated rings. The molecule has 0 radical (unpaired) electrons. The number of esters is 1. The van der Waals surface area contributed by atoms with Crippen LogP contribution in [-0.2, 0) is 9.53 Å². The van der Waals surface area contributed by atoms with Gasteiger partial charge in [-0.1, -0.05) is 6.08 Å². The molecule has 28 heavy (non-hydrogen) atoms. The Bertz CT molecular complexity index is 983. The van der Waals surface area contributed by atoms with Crippen LogP contribution in [0.15, 0.2) is 48.0 Å². The summed E-state index contributed by atoms with van der Waals surface area (Å²) >= 11 is 0. The lowest BCUT2D eigenvalue weighted by atomic mass is 9.98. The van der Waals surface area contributed by atoms with Crippen molar-refractivity contribution in [3.05, 3.63) is 64.7 Å². The average molecular weight is 380 g/mol. The van der Waals surface area contributed by atoms with E-state index in [-0.39, 0.29) is 23.9 Å². The van der Waals surface area contributed by atoms with Gasteiger partial charge in [-0.05, 0) is 60.5 Å². The van der Waals surface area contributed by atoms with Crippen LogP contribution in [-0.4, -0.2) is 37.7 Å². The average Bonchev–Trinajstić information content (AvgIpc) is 3.03. The van der Waals surface area contributed by atoms with Gasteiger partial charge in [0.05, 0.1) is 19.8 Å². The normalized spacial score (nSPS) is 13.8. The number of hydrogen-bond acceptors (Lipinski definition) is 6. The largest absolute Gasteiger partial charge is 0.504 e. The number of rotatable bonds is 6. The molecule has 0 aliphatic carbocycles. The summed E-state index contributed by atoms with van der Waals surface area (Å²) < 4.78 is 15.4. The molecular weight excluding hydrogens is 360 g/mol. The monoisotopic (exact) mass is 380 g/mol. The Kier molecular flexibility index (Phi) is 5.49. The van der Waals surface area contributed by atoms with E-state index >= 15 is 0 Å². The minimum atomic E-state index is -0.467. The summed E-state index contributed by atoms with van der Waals surface area (Å²) in [6.07, 6.45) is 2.98. The molecule has 0 unspecified atom stereocenters. The maximum Gasteiger partial charge on any atom is 0.339 e.